The summed E-state index contributed by atoms with van der Waals surface area (Å²) in [6, 6.07) is 9.81. The maximum absolute atomic E-state index is 10.5. The van der Waals surface area contributed by atoms with Crippen molar-refractivity contribution in [3.05, 3.63) is 30.3 Å². The molecule has 198 valence electrons. The van der Waals surface area contributed by atoms with Crippen molar-refractivity contribution in [3.8, 4) is 5.75 Å². The van der Waals surface area contributed by atoms with Crippen molar-refractivity contribution in [2.75, 3.05) is 20.2 Å². The van der Waals surface area contributed by atoms with E-state index in [9.17, 15) is 9.59 Å². The average Bonchev–Trinajstić information content (AvgIpc) is 3.58. The van der Waals surface area contributed by atoms with Crippen LogP contribution in [0.2, 0.25) is 0 Å². The lowest BCUT2D eigenvalue weighted by atomic mass is 10.2. The molecule has 33 heavy (non-hydrogen) atoms. The highest BCUT2D eigenvalue weighted by Gasteiger charge is 2.24. The summed E-state index contributed by atoms with van der Waals surface area (Å²) in [6.45, 7) is 18.0. The first-order valence-electron chi connectivity index (χ1n) is 12.3. The van der Waals surface area contributed by atoms with E-state index in [0.29, 0.717) is 0 Å². The van der Waals surface area contributed by atoms with E-state index in [1.807, 2.05) is 71.9 Å². The molecule has 0 aromatic heterocycles. The molecule has 2 aliphatic heterocycles. The van der Waals surface area contributed by atoms with Crippen molar-refractivity contribution in [3.63, 3.8) is 0 Å². The fourth-order valence-corrected chi connectivity index (χ4v) is 2.45. The molecule has 0 aliphatic carbocycles. The van der Waals surface area contributed by atoms with Crippen molar-refractivity contribution in [1.82, 2.24) is 10.6 Å². The van der Waals surface area contributed by atoms with Gasteiger partial charge >= 0.3 is 0 Å². The molecular formula is C26H53IN2O4. The Morgan fingerprint density at radius 2 is 1.39 bits per heavy atom. The molecule has 3 atom stereocenters. The zero-order chi connectivity index (χ0) is 25.6. The summed E-state index contributed by atoms with van der Waals surface area (Å²) in [5.41, 5.74) is 0. The van der Waals surface area contributed by atoms with E-state index < -0.39 is 0 Å². The van der Waals surface area contributed by atoms with E-state index in [0.717, 1.165) is 57.8 Å². The molecule has 0 unspecified atom stereocenters. The Kier molecular flexibility index (Phi) is 48.9. The fraction of sp³-hybridized carbons (Fsp3) is 0.692. The first-order chi connectivity index (χ1) is 15.7. The molecule has 0 radical (unpaired) electrons. The van der Waals surface area contributed by atoms with Gasteiger partial charge in [0.05, 0.1) is 12.1 Å². The van der Waals surface area contributed by atoms with Crippen LogP contribution >= 0.6 is 24.0 Å². The van der Waals surface area contributed by atoms with Gasteiger partial charge in [0.15, 0.2) is 0 Å². The third-order valence-electron chi connectivity index (χ3n) is 3.60. The summed E-state index contributed by atoms with van der Waals surface area (Å²) in [7, 11) is 1.00. The second kappa shape index (κ2) is 38.2. The number of aliphatic hydroxyl groups is 1. The predicted octanol–water partition coefficient (Wildman–Crippen LogP) is 5.65. The van der Waals surface area contributed by atoms with Gasteiger partial charge in [0.2, 0.25) is 0 Å². The Balaban J connectivity index is -0.000000117. The van der Waals surface area contributed by atoms with Gasteiger partial charge in [0, 0.05) is 20.1 Å². The maximum Gasteiger partial charge on any atom is 0.137 e. The molecule has 6 nitrogen and oxygen atoms in total. The Labute approximate surface area is 221 Å². The highest BCUT2D eigenvalue weighted by atomic mass is 127. The molecule has 0 amide bonds. The summed E-state index contributed by atoms with van der Waals surface area (Å²) in [6.07, 6.45) is 6.24. The molecular weight excluding hydrogens is 531 g/mol. The van der Waals surface area contributed by atoms with E-state index in [4.69, 9.17) is 9.84 Å². The standard InChI is InChI=1S/C11H13NO2.C5H9NO.C3H8.3C2H6.CH4O.HI/c13-8-9-6-11(7-12-9)14-10-4-2-1-3-5-10;7-4-5-2-1-3-6-5;1-3-2;4*1-2;/h1-5,8-9,11-12H,6-7H2;4-6H,1-3H2;3H2,1-2H3;3*1-2H3;2H,1H3;1H/t9-,11-;5-;;;;;;/m00....../s1. The SMILES string of the molecule is CC.CC.CC.CCC.CO.I.O=C[C@@H]1CCCN1.O=C[C@@H]1C[C@H](Oc2ccccc2)CN1. The van der Waals surface area contributed by atoms with E-state index >= 15 is 0 Å². The van der Waals surface area contributed by atoms with Crippen molar-refractivity contribution in [1.29, 1.82) is 0 Å². The summed E-state index contributed by atoms with van der Waals surface area (Å²) in [5, 5.41) is 13.1. The number of halogens is 1. The minimum Gasteiger partial charge on any atom is -0.489 e. The topological polar surface area (TPSA) is 87.7 Å². The molecule has 0 spiro atoms. The average molecular weight is 585 g/mol. The van der Waals surface area contributed by atoms with Crippen LogP contribution in [0.3, 0.4) is 0 Å². The van der Waals surface area contributed by atoms with Crippen molar-refractivity contribution in [2.45, 2.75) is 99.3 Å². The van der Waals surface area contributed by atoms with Crippen LogP contribution in [0, 0.1) is 0 Å². The summed E-state index contributed by atoms with van der Waals surface area (Å²) in [5.74, 6) is 0.867. The Morgan fingerprint density at radius 3 is 1.73 bits per heavy atom. The van der Waals surface area contributed by atoms with Crippen molar-refractivity contribution in [2.24, 2.45) is 0 Å². The number of carbonyl (C=O) groups is 2. The zero-order valence-corrected chi connectivity index (χ0v) is 24.9. The zero-order valence-electron chi connectivity index (χ0n) is 22.6. The quantitative estimate of drug-likeness (QED) is 0.313. The van der Waals surface area contributed by atoms with Gasteiger partial charge in [-0.1, -0.05) is 80.0 Å². The normalized spacial score (nSPS) is 18.8. The second-order valence-corrected chi connectivity index (χ2v) is 5.99. The van der Waals surface area contributed by atoms with Gasteiger partial charge < -0.3 is 30.1 Å². The summed E-state index contributed by atoms with van der Waals surface area (Å²) < 4.78 is 5.69. The van der Waals surface area contributed by atoms with Gasteiger partial charge in [0.25, 0.3) is 0 Å². The van der Waals surface area contributed by atoms with Crippen LogP contribution in [0.1, 0.15) is 81.1 Å². The number of nitrogens with one attached hydrogen (secondary N) is 2. The van der Waals surface area contributed by atoms with Gasteiger partial charge in [-0.25, -0.2) is 0 Å². The third kappa shape index (κ3) is 27.1. The summed E-state index contributed by atoms with van der Waals surface area (Å²) in [4.78, 5) is 20.4. The molecule has 7 heteroatoms. The lowest BCUT2D eigenvalue weighted by Gasteiger charge is -2.11. The highest BCUT2D eigenvalue weighted by molar-refractivity contribution is 14.0. The van der Waals surface area contributed by atoms with E-state index in [1.165, 1.54) is 6.42 Å². The highest BCUT2D eigenvalue weighted by Crippen LogP contribution is 2.15. The number of ether oxygens (including phenoxy) is 1. The van der Waals surface area contributed by atoms with Crippen LogP contribution in [0.25, 0.3) is 0 Å². The van der Waals surface area contributed by atoms with Crippen LogP contribution in [-0.2, 0) is 9.59 Å². The van der Waals surface area contributed by atoms with Gasteiger partial charge in [0.1, 0.15) is 24.4 Å². The molecule has 0 bridgehead atoms. The number of rotatable bonds is 4. The number of benzene rings is 1. The van der Waals surface area contributed by atoms with Crippen LogP contribution in [0.15, 0.2) is 30.3 Å². The number of hydrogen-bond acceptors (Lipinski definition) is 6. The maximum atomic E-state index is 10.5. The number of hydrogen-bond donors (Lipinski definition) is 3. The van der Waals surface area contributed by atoms with Crippen LogP contribution in [0.5, 0.6) is 5.75 Å². The minimum atomic E-state index is -0.0382. The molecule has 2 aliphatic rings. The fourth-order valence-electron chi connectivity index (χ4n) is 2.45. The first-order valence-corrected chi connectivity index (χ1v) is 12.3. The number of carbonyl (C=O) groups excluding carboxylic acids is 2. The molecule has 2 saturated heterocycles. The lowest BCUT2D eigenvalue weighted by molar-refractivity contribution is -0.110. The third-order valence-corrected chi connectivity index (χ3v) is 3.60. The molecule has 0 saturated carbocycles. The number of aldehydes is 2. The monoisotopic (exact) mass is 584 g/mol. The van der Waals surface area contributed by atoms with Crippen LogP contribution in [0.4, 0.5) is 0 Å². The van der Waals surface area contributed by atoms with Crippen molar-refractivity contribution >= 4 is 36.5 Å². The lowest BCUT2D eigenvalue weighted by Crippen LogP contribution is -2.22. The first kappa shape index (κ1) is 42.2. The number of aliphatic hydroxyl groups excluding tert-OH is 1. The predicted molar refractivity (Wildman–Crippen MR) is 154 cm³/mol. The van der Waals surface area contributed by atoms with Gasteiger partial charge in [-0.15, -0.1) is 24.0 Å². The van der Waals surface area contributed by atoms with E-state index in [-0.39, 0.29) is 42.2 Å². The Hall–Kier alpha value is -1.03. The molecule has 3 rings (SSSR count). The minimum absolute atomic E-state index is 0. The number of para-hydroxylation sites is 1. The molecule has 1 aromatic rings. The Morgan fingerprint density at radius 1 is 0.909 bits per heavy atom. The largest absolute Gasteiger partial charge is 0.489 e. The van der Waals surface area contributed by atoms with E-state index in [1.54, 1.807) is 0 Å². The van der Waals surface area contributed by atoms with Gasteiger partial charge in [-0.3, -0.25) is 0 Å². The molecule has 2 heterocycles. The smallest absolute Gasteiger partial charge is 0.137 e. The summed E-state index contributed by atoms with van der Waals surface area (Å²) >= 11 is 0. The van der Waals surface area contributed by atoms with Crippen LogP contribution in [-0.4, -0.2) is 56.1 Å². The Bertz CT molecular complexity index is 459. The van der Waals surface area contributed by atoms with E-state index in [2.05, 4.69) is 24.5 Å². The van der Waals surface area contributed by atoms with Gasteiger partial charge in [-0.2, -0.15) is 0 Å². The molecule has 2 fully saturated rings. The van der Waals surface area contributed by atoms with Crippen LogP contribution < -0.4 is 15.4 Å². The van der Waals surface area contributed by atoms with Crippen molar-refractivity contribution < 1.29 is 19.4 Å². The second-order valence-electron chi connectivity index (χ2n) is 5.99. The van der Waals surface area contributed by atoms with Gasteiger partial charge in [-0.05, 0) is 31.5 Å². The molecule has 1 aromatic carbocycles. The molecule has 3 N–H and O–H groups in total.